The summed E-state index contributed by atoms with van der Waals surface area (Å²) in [5.74, 6) is -0.152. The van der Waals surface area contributed by atoms with Crippen LogP contribution >= 0.6 is 23.1 Å². The van der Waals surface area contributed by atoms with Gasteiger partial charge in [-0.15, -0.1) is 11.3 Å². The number of carbonyl (C=O) groups is 1. The highest BCUT2D eigenvalue weighted by molar-refractivity contribution is 8.00. The van der Waals surface area contributed by atoms with Gasteiger partial charge >= 0.3 is 0 Å². The number of benzene rings is 2. The molecule has 0 bridgehead atoms. The van der Waals surface area contributed by atoms with Crippen LogP contribution < -0.4 is 10.9 Å². The number of anilines is 1. The summed E-state index contributed by atoms with van der Waals surface area (Å²) in [6.45, 7) is 3.96. The number of aromatic nitrogens is 2. The maximum atomic E-state index is 13.3. The molecular weight excluding hydrogens is 414 g/mol. The van der Waals surface area contributed by atoms with Crippen LogP contribution in [-0.4, -0.2) is 15.5 Å². The maximum absolute atomic E-state index is 13.3. The second-order valence-electron chi connectivity index (χ2n) is 7.11. The van der Waals surface area contributed by atoms with Gasteiger partial charge in [0.05, 0.1) is 5.39 Å². The van der Waals surface area contributed by atoms with Gasteiger partial charge in [0.25, 0.3) is 5.56 Å². The fourth-order valence-electron chi connectivity index (χ4n) is 3.16. The van der Waals surface area contributed by atoms with Gasteiger partial charge in [0, 0.05) is 12.7 Å². The highest BCUT2D eigenvalue weighted by atomic mass is 32.2. The molecule has 1 atom stereocenters. The molecule has 2 aromatic carbocycles. The number of amides is 1. The van der Waals surface area contributed by atoms with Crippen LogP contribution in [0.5, 0.6) is 0 Å². The van der Waals surface area contributed by atoms with Gasteiger partial charge in [-0.1, -0.05) is 54.2 Å². The van der Waals surface area contributed by atoms with Crippen LogP contribution in [0.3, 0.4) is 0 Å². The molecule has 0 fully saturated rings. The van der Waals surface area contributed by atoms with E-state index in [2.05, 4.69) is 10.3 Å². The quantitative estimate of drug-likeness (QED) is 0.351. The summed E-state index contributed by atoms with van der Waals surface area (Å²) >= 11 is 2.71. The van der Waals surface area contributed by atoms with Gasteiger partial charge < -0.3 is 5.32 Å². The van der Waals surface area contributed by atoms with Gasteiger partial charge in [-0.3, -0.25) is 14.2 Å². The lowest BCUT2D eigenvalue weighted by molar-refractivity contribution is -0.115. The monoisotopic (exact) mass is 435 g/mol. The molecule has 0 aliphatic rings. The first-order valence-electron chi connectivity index (χ1n) is 9.48. The van der Waals surface area contributed by atoms with Gasteiger partial charge in [-0.05, 0) is 48.1 Å². The van der Waals surface area contributed by atoms with Crippen molar-refractivity contribution >= 4 is 44.9 Å². The number of rotatable bonds is 5. The van der Waals surface area contributed by atoms with Crippen LogP contribution in [0.4, 0.5) is 5.69 Å². The molecule has 1 unspecified atom stereocenters. The van der Waals surface area contributed by atoms with E-state index >= 15 is 0 Å². The number of hydrogen-bond donors (Lipinski definition) is 1. The normalized spacial score (nSPS) is 12.1. The third-order valence-electron chi connectivity index (χ3n) is 4.88. The molecule has 0 saturated heterocycles. The first-order valence-corrected chi connectivity index (χ1v) is 11.2. The average Bonchev–Trinajstić information content (AvgIpc) is 3.21. The van der Waals surface area contributed by atoms with Crippen LogP contribution in [0.2, 0.25) is 0 Å². The second-order valence-corrected chi connectivity index (χ2v) is 9.08. The molecular formula is C23H21N3O2S2. The van der Waals surface area contributed by atoms with E-state index in [9.17, 15) is 9.59 Å². The van der Waals surface area contributed by atoms with Gasteiger partial charge in [-0.25, -0.2) is 4.98 Å². The summed E-state index contributed by atoms with van der Waals surface area (Å²) < 4.78 is 1.51. The second kappa shape index (κ2) is 8.45. The molecule has 2 heterocycles. The number of carbonyl (C=O) groups excluding carboxylic acids is 1. The minimum absolute atomic E-state index is 0.106. The smallest absolute Gasteiger partial charge is 0.262 e. The third-order valence-corrected chi connectivity index (χ3v) is 6.98. The fraction of sp³-hybridized carbons (Fsp3) is 0.174. The van der Waals surface area contributed by atoms with Crippen molar-refractivity contribution in [1.82, 2.24) is 9.55 Å². The van der Waals surface area contributed by atoms with Crippen LogP contribution in [0, 0.1) is 13.8 Å². The SMILES string of the molecule is Cc1ccc(C)c(NC(=O)C(Sc2nc3sccc3c(=O)n2C)c2ccccc2)c1. The number of nitrogens with zero attached hydrogens (tertiary/aromatic N) is 2. The van der Waals surface area contributed by atoms with E-state index in [0.717, 1.165) is 22.4 Å². The van der Waals surface area contributed by atoms with Crippen molar-refractivity contribution < 1.29 is 4.79 Å². The summed E-state index contributed by atoms with van der Waals surface area (Å²) in [5.41, 5.74) is 3.61. The molecule has 0 aliphatic heterocycles. The van der Waals surface area contributed by atoms with Crippen molar-refractivity contribution in [1.29, 1.82) is 0 Å². The van der Waals surface area contributed by atoms with E-state index in [-0.39, 0.29) is 11.5 Å². The molecule has 1 N–H and O–H groups in total. The molecule has 152 valence electrons. The molecule has 4 rings (SSSR count). The Balaban J connectivity index is 1.72. The van der Waals surface area contributed by atoms with Gasteiger partial charge in [0.1, 0.15) is 10.1 Å². The minimum Gasteiger partial charge on any atom is -0.325 e. The molecule has 4 aromatic rings. The lowest BCUT2D eigenvalue weighted by atomic mass is 10.1. The number of thioether (sulfide) groups is 1. The number of hydrogen-bond acceptors (Lipinski definition) is 5. The summed E-state index contributed by atoms with van der Waals surface area (Å²) in [6.07, 6.45) is 0. The van der Waals surface area contributed by atoms with Crippen molar-refractivity contribution in [3.63, 3.8) is 0 Å². The standard InChI is InChI=1S/C23H21N3O2S2/c1-14-9-10-15(2)18(13-14)24-20(27)19(16-7-5-4-6-8-16)30-23-25-21-17(11-12-29-21)22(28)26(23)3/h4-13,19H,1-3H3,(H,24,27). The predicted octanol–water partition coefficient (Wildman–Crippen LogP) is 5.08. The molecule has 2 aromatic heterocycles. The Morgan fingerprint density at radius 2 is 1.90 bits per heavy atom. The Hall–Kier alpha value is -2.90. The predicted molar refractivity (Wildman–Crippen MR) is 124 cm³/mol. The molecule has 30 heavy (non-hydrogen) atoms. The number of thiophene rings is 1. The minimum atomic E-state index is -0.554. The summed E-state index contributed by atoms with van der Waals surface area (Å²) in [4.78, 5) is 31.4. The van der Waals surface area contributed by atoms with Gasteiger partial charge in [-0.2, -0.15) is 0 Å². The molecule has 7 heteroatoms. The molecule has 0 saturated carbocycles. The van der Waals surface area contributed by atoms with Gasteiger partial charge in [0.15, 0.2) is 5.16 Å². The van der Waals surface area contributed by atoms with E-state index in [4.69, 9.17) is 0 Å². The lowest BCUT2D eigenvalue weighted by Gasteiger charge is -2.19. The van der Waals surface area contributed by atoms with Crippen LogP contribution in [0.15, 0.2) is 69.9 Å². The number of nitrogens with one attached hydrogen (secondary N) is 1. The van der Waals surface area contributed by atoms with Crippen molar-refractivity contribution in [2.75, 3.05) is 5.32 Å². The summed E-state index contributed by atoms with van der Waals surface area (Å²) in [6, 6.07) is 17.3. The lowest BCUT2D eigenvalue weighted by Crippen LogP contribution is -2.23. The molecule has 0 radical (unpaired) electrons. The van der Waals surface area contributed by atoms with Crippen molar-refractivity contribution in [3.05, 3.63) is 87.0 Å². The zero-order valence-electron chi connectivity index (χ0n) is 16.9. The van der Waals surface area contributed by atoms with Crippen LogP contribution in [0.25, 0.3) is 10.2 Å². The Kier molecular flexibility index (Phi) is 5.74. The van der Waals surface area contributed by atoms with E-state index in [1.54, 1.807) is 13.1 Å². The zero-order valence-corrected chi connectivity index (χ0v) is 18.5. The summed E-state index contributed by atoms with van der Waals surface area (Å²) in [7, 11) is 1.69. The number of fused-ring (bicyclic) bond motifs is 1. The highest BCUT2D eigenvalue weighted by Gasteiger charge is 2.25. The van der Waals surface area contributed by atoms with Gasteiger partial charge in [0.2, 0.25) is 5.91 Å². The topological polar surface area (TPSA) is 64.0 Å². The van der Waals surface area contributed by atoms with Crippen LogP contribution in [-0.2, 0) is 11.8 Å². The van der Waals surface area contributed by atoms with Crippen molar-refractivity contribution in [2.24, 2.45) is 7.05 Å². The summed E-state index contributed by atoms with van der Waals surface area (Å²) in [5, 5.41) is 5.48. The largest absolute Gasteiger partial charge is 0.325 e. The molecule has 1 amide bonds. The molecule has 0 spiro atoms. The third kappa shape index (κ3) is 4.04. The van der Waals surface area contributed by atoms with Crippen molar-refractivity contribution in [2.45, 2.75) is 24.3 Å². The molecule has 0 aliphatic carbocycles. The maximum Gasteiger partial charge on any atom is 0.262 e. The van der Waals surface area contributed by atoms with Crippen molar-refractivity contribution in [3.8, 4) is 0 Å². The Morgan fingerprint density at radius 3 is 2.67 bits per heavy atom. The average molecular weight is 436 g/mol. The Labute approximate surface area is 182 Å². The Bertz CT molecular complexity index is 1280. The van der Waals surface area contributed by atoms with Crippen LogP contribution in [0.1, 0.15) is 21.9 Å². The van der Waals surface area contributed by atoms with E-state index in [1.165, 1.54) is 27.7 Å². The van der Waals surface area contributed by atoms with E-state index < -0.39 is 5.25 Å². The van der Waals surface area contributed by atoms with E-state index in [0.29, 0.717) is 15.4 Å². The fourth-order valence-corrected chi connectivity index (χ4v) is 5.03. The first kappa shape index (κ1) is 20.4. The Morgan fingerprint density at radius 1 is 1.13 bits per heavy atom. The zero-order chi connectivity index (χ0) is 21.3. The number of aryl methyl sites for hydroxylation is 2. The highest BCUT2D eigenvalue weighted by Crippen LogP contribution is 2.36. The first-order chi connectivity index (χ1) is 14.4. The van der Waals surface area contributed by atoms with E-state index in [1.807, 2.05) is 67.8 Å². The molecule has 5 nitrogen and oxygen atoms in total.